The Morgan fingerprint density at radius 3 is 2.39 bits per heavy atom. The molecule has 0 bridgehead atoms. The van der Waals surface area contributed by atoms with Crippen molar-refractivity contribution in [3.05, 3.63) is 105 Å². The zero-order chi connectivity index (χ0) is 19.5. The van der Waals surface area contributed by atoms with Crippen LogP contribution in [0, 0.1) is 12.7 Å². The highest BCUT2D eigenvalue weighted by Gasteiger charge is 2.12. The van der Waals surface area contributed by atoms with Crippen molar-refractivity contribution in [3.63, 3.8) is 0 Å². The van der Waals surface area contributed by atoms with E-state index in [1.165, 1.54) is 29.0 Å². The first-order valence-electron chi connectivity index (χ1n) is 9.06. The molecule has 2 aromatic heterocycles. The van der Waals surface area contributed by atoms with Gasteiger partial charge in [0.2, 0.25) is 0 Å². The topological polar surface area (TPSA) is 37.6 Å². The summed E-state index contributed by atoms with van der Waals surface area (Å²) < 4.78 is 14.9. The second-order valence-corrected chi connectivity index (χ2v) is 7.67. The lowest BCUT2D eigenvalue weighted by molar-refractivity contribution is 0.244. The van der Waals surface area contributed by atoms with Gasteiger partial charge in [-0.1, -0.05) is 42.5 Å². The standard InChI is InChI=1S/C22H20FN3OS/c1-16-15-28-22-24-20(11-21(27)26(16)22)14-25(12-17-5-3-2-4-6-17)13-18-7-9-19(23)10-8-18/h2-11,15H,12-14H2,1H3. The molecule has 4 aromatic rings. The number of fused-ring (bicyclic) bond motifs is 1. The highest BCUT2D eigenvalue weighted by atomic mass is 32.1. The smallest absolute Gasteiger partial charge is 0.259 e. The summed E-state index contributed by atoms with van der Waals surface area (Å²) in [7, 11) is 0. The van der Waals surface area contributed by atoms with Crippen LogP contribution in [0.15, 0.2) is 70.8 Å². The van der Waals surface area contributed by atoms with Gasteiger partial charge in [-0.15, -0.1) is 11.3 Å². The lowest BCUT2D eigenvalue weighted by atomic mass is 10.1. The SMILES string of the molecule is Cc1csc2nc(CN(Cc3ccccc3)Cc3ccc(F)cc3)cc(=O)n12. The summed E-state index contributed by atoms with van der Waals surface area (Å²) in [4.78, 5) is 20.1. The van der Waals surface area contributed by atoms with Crippen LogP contribution in [0.1, 0.15) is 22.5 Å². The molecule has 4 rings (SSSR count). The van der Waals surface area contributed by atoms with Crippen LogP contribution >= 0.6 is 11.3 Å². The zero-order valence-corrected chi connectivity index (χ0v) is 16.3. The summed E-state index contributed by atoms with van der Waals surface area (Å²) in [5, 5.41) is 1.94. The van der Waals surface area contributed by atoms with Gasteiger partial charge in [0.05, 0.1) is 5.69 Å². The summed E-state index contributed by atoms with van der Waals surface area (Å²) in [6, 6.07) is 18.3. The van der Waals surface area contributed by atoms with Crippen molar-refractivity contribution in [3.8, 4) is 0 Å². The molecule has 6 heteroatoms. The zero-order valence-electron chi connectivity index (χ0n) is 15.5. The normalized spacial score (nSPS) is 11.4. The van der Waals surface area contributed by atoms with E-state index in [2.05, 4.69) is 22.0 Å². The van der Waals surface area contributed by atoms with Gasteiger partial charge in [-0.05, 0) is 30.2 Å². The molecule has 0 N–H and O–H groups in total. The number of benzene rings is 2. The average molecular weight is 393 g/mol. The van der Waals surface area contributed by atoms with Gasteiger partial charge >= 0.3 is 0 Å². The van der Waals surface area contributed by atoms with E-state index in [9.17, 15) is 9.18 Å². The fourth-order valence-electron chi connectivity index (χ4n) is 3.27. The maximum atomic E-state index is 13.3. The van der Waals surface area contributed by atoms with Crippen LogP contribution in [0.3, 0.4) is 0 Å². The lowest BCUT2D eigenvalue weighted by Crippen LogP contribution is -2.25. The molecule has 2 heterocycles. The highest BCUT2D eigenvalue weighted by Crippen LogP contribution is 2.16. The Kier molecular flexibility index (Phi) is 5.32. The summed E-state index contributed by atoms with van der Waals surface area (Å²) in [5.41, 5.74) is 3.78. The summed E-state index contributed by atoms with van der Waals surface area (Å²) >= 11 is 1.47. The molecule has 28 heavy (non-hydrogen) atoms. The average Bonchev–Trinajstić information content (AvgIpc) is 3.05. The van der Waals surface area contributed by atoms with Crippen molar-refractivity contribution in [2.45, 2.75) is 26.6 Å². The van der Waals surface area contributed by atoms with Crippen molar-refractivity contribution >= 4 is 16.3 Å². The van der Waals surface area contributed by atoms with Gasteiger partial charge in [-0.25, -0.2) is 9.37 Å². The van der Waals surface area contributed by atoms with Crippen LogP contribution in [0.2, 0.25) is 0 Å². The van der Waals surface area contributed by atoms with E-state index in [-0.39, 0.29) is 11.4 Å². The van der Waals surface area contributed by atoms with Gasteiger partial charge < -0.3 is 0 Å². The Labute approximate surface area is 166 Å². The molecular weight excluding hydrogens is 373 g/mol. The van der Waals surface area contributed by atoms with Crippen LogP contribution in [0.5, 0.6) is 0 Å². The van der Waals surface area contributed by atoms with Gasteiger partial charge in [-0.3, -0.25) is 14.1 Å². The van der Waals surface area contributed by atoms with E-state index in [1.807, 2.05) is 30.5 Å². The monoisotopic (exact) mass is 393 g/mol. The fraction of sp³-hybridized carbons (Fsp3) is 0.182. The van der Waals surface area contributed by atoms with E-state index < -0.39 is 0 Å². The molecule has 0 fully saturated rings. The predicted molar refractivity (Wildman–Crippen MR) is 110 cm³/mol. The predicted octanol–water partition coefficient (Wildman–Crippen LogP) is 4.41. The largest absolute Gasteiger partial charge is 0.289 e. The maximum Gasteiger partial charge on any atom is 0.259 e. The number of thiazole rings is 1. The number of halogens is 1. The van der Waals surface area contributed by atoms with Crippen molar-refractivity contribution < 1.29 is 4.39 Å². The molecule has 2 aromatic carbocycles. The van der Waals surface area contributed by atoms with Gasteiger partial charge in [0.1, 0.15) is 5.82 Å². The number of hydrogen-bond donors (Lipinski definition) is 0. The first kappa shape index (κ1) is 18.5. The quantitative estimate of drug-likeness (QED) is 0.487. The molecule has 0 aliphatic carbocycles. The lowest BCUT2D eigenvalue weighted by Gasteiger charge is -2.22. The van der Waals surface area contributed by atoms with Crippen molar-refractivity contribution in [1.29, 1.82) is 0 Å². The number of rotatable bonds is 6. The number of nitrogens with zero attached hydrogens (tertiary/aromatic N) is 3. The highest BCUT2D eigenvalue weighted by molar-refractivity contribution is 7.15. The third kappa shape index (κ3) is 4.18. The molecule has 0 saturated carbocycles. The third-order valence-corrected chi connectivity index (χ3v) is 5.53. The Balaban J connectivity index is 1.62. The Hall–Kier alpha value is -2.83. The van der Waals surface area contributed by atoms with E-state index >= 15 is 0 Å². The Morgan fingerprint density at radius 2 is 1.68 bits per heavy atom. The van der Waals surface area contributed by atoms with Crippen molar-refractivity contribution in [2.75, 3.05) is 0 Å². The number of hydrogen-bond acceptors (Lipinski definition) is 4. The second-order valence-electron chi connectivity index (χ2n) is 6.84. The Morgan fingerprint density at radius 1 is 1.00 bits per heavy atom. The van der Waals surface area contributed by atoms with Crippen molar-refractivity contribution in [2.24, 2.45) is 0 Å². The maximum absolute atomic E-state index is 13.3. The van der Waals surface area contributed by atoms with Crippen LogP contribution in [-0.4, -0.2) is 14.3 Å². The van der Waals surface area contributed by atoms with Gasteiger partial charge in [0.25, 0.3) is 5.56 Å². The number of aryl methyl sites for hydroxylation is 1. The fourth-order valence-corrected chi connectivity index (χ4v) is 4.16. The summed E-state index contributed by atoms with van der Waals surface area (Å²) in [6.45, 7) is 3.79. The minimum absolute atomic E-state index is 0.0554. The summed E-state index contributed by atoms with van der Waals surface area (Å²) in [6.07, 6.45) is 0. The van der Waals surface area contributed by atoms with E-state index in [4.69, 9.17) is 0 Å². The summed E-state index contributed by atoms with van der Waals surface area (Å²) in [5.74, 6) is -0.244. The molecule has 0 atom stereocenters. The minimum Gasteiger partial charge on any atom is -0.289 e. The third-order valence-electron chi connectivity index (χ3n) is 4.58. The molecule has 0 unspecified atom stereocenters. The molecule has 0 spiro atoms. The molecule has 0 amide bonds. The first-order chi connectivity index (χ1) is 13.6. The second kappa shape index (κ2) is 8.04. The molecular formula is C22H20FN3OS. The van der Waals surface area contributed by atoms with Crippen LogP contribution in [-0.2, 0) is 19.6 Å². The minimum atomic E-state index is -0.244. The molecule has 4 nitrogen and oxygen atoms in total. The van der Waals surface area contributed by atoms with E-state index in [0.29, 0.717) is 24.6 Å². The Bertz CT molecular complexity index is 1140. The van der Waals surface area contributed by atoms with E-state index in [0.717, 1.165) is 17.0 Å². The molecule has 0 aliphatic rings. The number of aromatic nitrogens is 2. The van der Waals surface area contributed by atoms with E-state index in [1.54, 1.807) is 22.6 Å². The molecule has 0 saturated heterocycles. The molecule has 0 radical (unpaired) electrons. The van der Waals surface area contributed by atoms with Gasteiger partial charge in [0, 0.05) is 36.8 Å². The van der Waals surface area contributed by atoms with Gasteiger partial charge in [0.15, 0.2) is 4.96 Å². The van der Waals surface area contributed by atoms with Gasteiger partial charge in [-0.2, -0.15) is 0 Å². The van der Waals surface area contributed by atoms with Crippen LogP contribution < -0.4 is 5.56 Å². The van der Waals surface area contributed by atoms with Crippen LogP contribution in [0.4, 0.5) is 4.39 Å². The van der Waals surface area contributed by atoms with Crippen LogP contribution in [0.25, 0.3) is 4.96 Å². The first-order valence-corrected chi connectivity index (χ1v) is 9.94. The molecule has 0 aliphatic heterocycles. The molecule has 142 valence electrons. The van der Waals surface area contributed by atoms with Crippen molar-refractivity contribution in [1.82, 2.24) is 14.3 Å².